The van der Waals surface area contributed by atoms with E-state index >= 15 is 0 Å². The zero-order valence-electron chi connectivity index (χ0n) is 17.9. The number of anilines is 3. The van der Waals surface area contributed by atoms with Gasteiger partial charge in [-0.15, -0.1) is 0 Å². The molecule has 0 heterocycles. The molecule has 0 aliphatic rings. The second-order valence-electron chi connectivity index (χ2n) is 7.19. The minimum absolute atomic E-state index is 0.0169. The quantitative estimate of drug-likeness (QED) is 0.455. The summed E-state index contributed by atoms with van der Waals surface area (Å²) in [6.45, 7) is 7.81. The number of amides is 2. The molecule has 0 aliphatic carbocycles. The molecular formula is C23H31N3O4. The van der Waals surface area contributed by atoms with Gasteiger partial charge in [-0.05, 0) is 61.4 Å². The molecule has 2 rings (SSSR count). The lowest BCUT2D eigenvalue weighted by Gasteiger charge is -2.11. The van der Waals surface area contributed by atoms with Gasteiger partial charge >= 0.3 is 0 Å². The molecule has 2 amide bonds. The maximum Gasteiger partial charge on any atom is 0.243 e. The van der Waals surface area contributed by atoms with Gasteiger partial charge in [-0.2, -0.15) is 0 Å². The topological polar surface area (TPSA) is 88.7 Å². The van der Waals surface area contributed by atoms with Crippen molar-refractivity contribution in [2.75, 3.05) is 42.3 Å². The van der Waals surface area contributed by atoms with E-state index in [9.17, 15) is 9.59 Å². The fourth-order valence-electron chi connectivity index (χ4n) is 2.64. The highest BCUT2D eigenvalue weighted by Gasteiger charge is 2.06. The molecule has 0 unspecified atom stereocenters. The van der Waals surface area contributed by atoms with Crippen LogP contribution in [0.3, 0.4) is 0 Å². The number of hydrogen-bond donors (Lipinski definition) is 3. The Morgan fingerprint density at radius 3 is 1.97 bits per heavy atom. The van der Waals surface area contributed by atoms with Gasteiger partial charge in [0.15, 0.2) is 0 Å². The van der Waals surface area contributed by atoms with Crippen molar-refractivity contribution in [3.63, 3.8) is 0 Å². The second kappa shape index (κ2) is 12.5. The Morgan fingerprint density at radius 1 is 0.833 bits per heavy atom. The van der Waals surface area contributed by atoms with E-state index < -0.39 is 0 Å². The van der Waals surface area contributed by atoms with Crippen LogP contribution in [-0.2, 0) is 14.3 Å². The zero-order valence-corrected chi connectivity index (χ0v) is 17.9. The van der Waals surface area contributed by atoms with Crippen LogP contribution in [-0.4, -0.2) is 38.2 Å². The number of nitrogens with one attached hydrogen (secondary N) is 3. The summed E-state index contributed by atoms with van der Waals surface area (Å²) in [4.78, 5) is 24.0. The van der Waals surface area contributed by atoms with Crippen molar-refractivity contribution in [3.8, 4) is 5.75 Å². The SMILES string of the molecule is CCOCCOc1ccc(NCC(=O)Nc2ccc(NC(=O)CC(C)C)cc2)cc1. The molecule has 0 radical (unpaired) electrons. The number of hydrogen-bond acceptors (Lipinski definition) is 5. The Labute approximate surface area is 178 Å². The number of carbonyl (C=O) groups is 2. The summed E-state index contributed by atoms with van der Waals surface area (Å²) in [5, 5.41) is 8.74. The van der Waals surface area contributed by atoms with E-state index in [0.717, 1.165) is 11.4 Å². The molecule has 7 heteroatoms. The van der Waals surface area contributed by atoms with Crippen molar-refractivity contribution < 1.29 is 19.1 Å². The van der Waals surface area contributed by atoms with E-state index in [2.05, 4.69) is 16.0 Å². The van der Waals surface area contributed by atoms with E-state index in [0.29, 0.717) is 43.5 Å². The van der Waals surface area contributed by atoms with Crippen molar-refractivity contribution >= 4 is 28.9 Å². The van der Waals surface area contributed by atoms with E-state index in [4.69, 9.17) is 9.47 Å². The third-order valence-corrected chi connectivity index (χ3v) is 4.05. The Kier molecular flexibility index (Phi) is 9.67. The summed E-state index contributed by atoms with van der Waals surface area (Å²) in [7, 11) is 0. The van der Waals surface area contributed by atoms with Gasteiger partial charge in [-0.25, -0.2) is 0 Å². The van der Waals surface area contributed by atoms with Crippen LogP contribution in [0.5, 0.6) is 5.75 Å². The van der Waals surface area contributed by atoms with Crippen molar-refractivity contribution in [3.05, 3.63) is 48.5 Å². The third kappa shape index (κ3) is 8.96. The highest BCUT2D eigenvalue weighted by molar-refractivity contribution is 5.94. The first-order chi connectivity index (χ1) is 14.5. The molecule has 0 saturated heterocycles. The molecule has 0 saturated carbocycles. The third-order valence-electron chi connectivity index (χ3n) is 4.05. The van der Waals surface area contributed by atoms with Crippen molar-refractivity contribution in [1.29, 1.82) is 0 Å². The minimum Gasteiger partial charge on any atom is -0.491 e. The molecule has 162 valence electrons. The van der Waals surface area contributed by atoms with E-state index in [1.54, 1.807) is 24.3 Å². The Hall–Kier alpha value is -3.06. The van der Waals surface area contributed by atoms with Gasteiger partial charge in [-0.3, -0.25) is 9.59 Å². The standard InChI is InChI=1S/C23H31N3O4/c1-4-29-13-14-30-21-11-9-18(10-12-21)24-16-23(28)26-20-7-5-19(6-8-20)25-22(27)15-17(2)3/h5-12,17,24H,4,13-16H2,1-3H3,(H,25,27)(H,26,28). The van der Waals surface area contributed by atoms with Crippen LogP contribution in [0.4, 0.5) is 17.1 Å². The van der Waals surface area contributed by atoms with Gasteiger partial charge in [0.25, 0.3) is 0 Å². The highest BCUT2D eigenvalue weighted by atomic mass is 16.5. The molecule has 30 heavy (non-hydrogen) atoms. The van der Waals surface area contributed by atoms with Crippen LogP contribution in [0.1, 0.15) is 27.2 Å². The van der Waals surface area contributed by atoms with Gasteiger partial charge in [0.1, 0.15) is 12.4 Å². The van der Waals surface area contributed by atoms with Crippen molar-refractivity contribution in [1.82, 2.24) is 0 Å². The van der Waals surface area contributed by atoms with E-state index in [-0.39, 0.29) is 18.4 Å². The first kappa shape index (κ1) is 23.2. The van der Waals surface area contributed by atoms with Crippen LogP contribution in [0.2, 0.25) is 0 Å². The molecule has 0 aromatic heterocycles. The summed E-state index contributed by atoms with van der Waals surface area (Å²) >= 11 is 0. The predicted molar refractivity (Wildman–Crippen MR) is 120 cm³/mol. The molecule has 2 aromatic rings. The maximum atomic E-state index is 12.2. The molecule has 0 aliphatic heterocycles. The van der Waals surface area contributed by atoms with Crippen LogP contribution < -0.4 is 20.7 Å². The van der Waals surface area contributed by atoms with E-state index in [1.807, 2.05) is 45.0 Å². The summed E-state index contributed by atoms with van der Waals surface area (Å²) in [5.41, 5.74) is 2.20. The fourth-order valence-corrected chi connectivity index (χ4v) is 2.64. The number of carbonyl (C=O) groups excluding carboxylic acids is 2. The van der Waals surface area contributed by atoms with Crippen LogP contribution in [0.25, 0.3) is 0 Å². The monoisotopic (exact) mass is 413 g/mol. The molecule has 7 nitrogen and oxygen atoms in total. The molecule has 0 bridgehead atoms. The van der Waals surface area contributed by atoms with Crippen molar-refractivity contribution in [2.24, 2.45) is 5.92 Å². The minimum atomic E-state index is -0.163. The molecule has 3 N–H and O–H groups in total. The van der Waals surface area contributed by atoms with Gasteiger partial charge in [-0.1, -0.05) is 13.8 Å². The highest BCUT2D eigenvalue weighted by Crippen LogP contribution is 2.16. The number of rotatable bonds is 12. The molecule has 0 atom stereocenters. The Morgan fingerprint density at radius 2 is 1.40 bits per heavy atom. The lowest BCUT2D eigenvalue weighted by Crippen LogP contribution is -2.21. The summed E-state index contributed by atoms with van der Waals surface area (Å²) in [6, 6.07) is 14.5. The van der Waals surface area contributed by atoms with Crippen molar-refractivity contribution in [2.45, 2.75) is 27.2 Å². The Bertz CT molecular complexity index is 789. The molecule has 0 fully saturated rings. The average molecular weight is 414 g/mol. The van der Waals surface area contributed by atoms with E-state index in [1.165, 1.54) is 0 Å². The van der Waals surface area contributed by atoms with Crippen LogP contribution in [0, 0.1) is 5.92 Å². The normalized spacial score (nSPS) is 10.5. The summed E-state index contributed by atoms with van der Waals surface area (Å²) < 4.78 is 10.8. The largest absolute Gasteiger partial charge is 0.491 e. The van der Waals surface area contributed by atoms with Gasteiger partial charge in [0.05, 0.1) is 13.2 Å². The van der Waals surface area contributed by atoms with Gasteiger partial charge in [0, 0.05) is 30.1 Å². The fraction of sp³-hybridized carbons (Fsp3) is 0.391. The smallest absolute Gasteiger partial charge is 0.243 e. The molecule has 2 aromatic carbocycles. The number of benzene rings is 2. The molecule has 0 spiro atoms. The number of ether oxygens (including phenoxy) is 2. The van der Waals surface area contributed by atoms with Crippen LogP contribution >= 0.6 is 0 Å². The Balaban J connectivity index is 1.73. The van der Waals surface area contributed by atoms with Gasteiger partial charge < -0.3 is 25.4 Å². The van der Waals surface area contributed by atoms with Crippen LogP contribution in [0.15, 0.2) is 48.5 Å². The van der Waals surface area contributed by atoms with Gasteiger partial charge in [0.2, 0.25) is 11.8 Å². The predicted octanol–water partition coefficient (Wildman–Crippen LogP) is 4.14. The molecular weight excluding hydrogens is 382 g/mol. The summed E-state index contributed by atoms with van der Waals surface area (Å²) in [6.07, 6.45) is 0.477. The zero-order chi connectivity index (χ0) is 21.8. The lowest BCUT2D eigenvalue weighted by molar-refractivity contribution is -0.117. The average Bonchev–Trinajstić information content (AvgIpc) is 2.71. The summed E-state index contributed by atoms with van der Waals surface area (Å²) in [5.74, 6) is 0.880. The lowest BCUT2D eigenvalue weighted by atomic mass is 10.1. The first-order valence-corrected chi connectivity index (χ1v) is 10.2. The maximum absolute atomic E-state index is 12.2. The first-order valence-electron chi connectivity index (χ1n) is 10.2. The second-order valence-corrected chi connectivity index (χ2v) is 7.19.